The minimum Gasteiger partial charge on any atom is -0.282 e. The zero-order chi connectivity index (χ0) is 11.4. The summed E-state index contributed by atoms with van der Waals surface area (Å²) in [5, 5.41) is 7.52. The van der Waals surface area contributed by atoms with Crippen molar-refractivity contribution < 1.29 is 0 Å². The molecular weight excluding hydrogens is 196 g/mol. The van der Waals surface area contributed by atoms with Gasteiger partial charge in [-0.15, -0.1) is 0 Å². The first-order valence-electron chi connectivity index (χ1n) is 5.02. The molecule has 0 aliphatic carbocycles. The maximum Gasteiger partial charge on any atom is 0.151 e. The van der Waals surface area contributed by atoms with Gasteiger partial charge in [0.25, 0.3) is 0 Å². The molecule has 0 bridgehead atoms. The van der Waals surface area contributed by atoms with Crippen LogP contribution in [0, 0.1) is 5.41 Å². The number of rotatable bonds is 2. The molecule has 0 unspecified atom stereocenters. The van der Waals surface area contributed by atoms with E-state index in [0.29, 0.717) is 0 Å². The Morgan fingerprint density at radius 2 is 1.44 bits per heavy atom. The van der Waals surface area contributed by atoms with Crippen LogP contribution < -0.4 is 0 Å². The van der Waals surface area contributed by atoms with Crippen LogP contribution in [0.5, 0.6) is 0 Å². The normalized spacial score (nSPS) is 9.75. The Balaban J connectivity index is 2.33. The van der Waals surface area contributed by atoms with E-state index in [4.69, 9.17) is 5.41 Å². The standard InChI is InChI=1S/C14H12N2/c1-16-14(15)13-9-7-12(8-10-13)11-5-3-2-4-6-11/h2-10,15H,1H2. The van der Waals surface area contributed by atoms with Crippen molar-refractivity contribution in [1.82, 2.24) is 0 Å². The summed E-state index contributed by atoms with van der Waals surface area (Å²) in [6.07, 6.45) is 0. The largest absolute Gasteiger partial charge is 0.282 e. The summed E-state index contributed by atoms with van der Waals surface area (Å²) < 4.78 is 0. The summed E-state index contributed by atoms with van der Waals surface area (Å²) in [5.74, 6) is 0.208. The Hall–Kier alpha value is -2.22. The van der Waals surface area contributed by atoms with Crippen molar-refractivity contribution in [3.63, 3.8) is 0 Å². The number of hydrogen-bond acceptors (Lipinski definition) is 1. The molecular formula is C14H12N2. The monoisotopic (exact) mass is 208 g/mol. The average Bonchev–Trinajstić information content (AvgIpc) is 2.39. The fraction of sp³-hybridized carbons (Fsp3) is 0. The summed E-state index contributed by atoms with van der Waals surface area (Å²) in [7, 11) is 0. The Bertz CT molecular complexity index is 498. The van der Waals surface area contributed by atoms with Crippen LogP contribution in [-0.2, 0) is 0 Å². The van der Waals surface area contributed by atoms with Crippen LogP contribution >= 0.6 is 0 Å². The minimum absolute atomic E-state index is 0.208. The summed E-state index contributed by atoms with van der Waals surface area (Å²) in [6, 6.07) is 17.9. The van der Waals surface area contributed by atoms with Crippen molar-refractivity contribution in [2.24, 2.45) is 4.99 Å². The van der Waals surface area contributed by atoms with E-state index in [-0.39, 0.29) is 5.84 Å². The first-order valence-corrected chi connectivity index (χ1v) is 5.02. The molecule has 2 aromatic rings. The molecule has 0 saturated heterocycles. The van der Waals surface area contributed by atoms with Gasteiger partial charge in [0.15, 0.2) is 5.84 Å². The second kappa shape index (κ2) is 4.53. The van der Waals surface area contributed by atoms with Gasteiger partial charge in [-0.05, 0) is 17.8 Å². The summed E-state index contributed by atoms with van der Waals surface area (Å²) in [5.41, 5.74) is 3.10. The van der Waals surface area contributed by atoms with Gasteiger partial charge in [-0.1, -0.05) is 54.6 Å². The third kappa shape index (κ3) is 2.06. The van der Waals surface area contributed by atoms with Crippen LogP contribution in [-0.4, -0.2) is 12.6 Å². The van der Waals surface area contributed by atoms with Gasteiger partial charge in [0.1, 0.15) is 0 Å². The van der Waals surface area contributed by atoms with E-state index in [1.165, 1.54) is 5.56 Å². The molecule has 2 nitrogen and oxygen atoms in total. The van der Waals surface area contributed by atoms with E-state index in [9.17, 15) is 0 Å². The quantitative estimate of drug-likeness (QED) is 0.580. The number of nitrogens with zero attached hydrogens (tertiary/aromatic N) is 1. The van der Waals surface area contributed by atoms with Crippen molar-refractivity contribution in [2.75, 3.05) is 0 Å². The highest BCUT2D eigenvalue weighted by molar-refractivity contribution is 5.99. The van der Waals surface area contributed by atoms with Crippen molar-refractivity contribution in [3.05, 3.63) is 60.2 Å². The Morgan fingerprint density at radius 1 is 0.875 bits per heavy atom. The predicted octanol–water partition coefficient (Wildman–Crippen LogP) is 3.38. The van der Waals surface area contributed by atoms with E-state index >= 15 is 0 Å². The van der Waals surface area contributed by atoms with Crippen molar-refractivity contribution in [2.45, 2.75) is 0 Å². The molecule has 16 heavy (non-hydrogen) atoms. The number of amidine groups is 1. The highest BCUT2D eigenvalue weighted by atomic mass is 14.8. The molecule has 78 valence electrons. The highest BCUT2D eigenvalue weighted by Crippen LogP contribution is 2.19. The molecule has 0 aromatic heterocycles. The van der Waals surface area contributed by atoms with Crippen LogP contribution in [0.2, 0.25) is 0 Å². The lowest BCUT2D eigenvalue weighted by Crippen LogP contribution is -1.92. The molecule has 2 rings (SSSR count). The molecule has 0 spiro atoms. The van der Waals surface area contributed by atoms with Crippen molar-refractivity contribution >= 4 is 12.6 Å². The summed E-state index contributed by atoms with van der Waals surface area (Å²) >= 11 is 0. The van der Waals surface area contributed by atoms with E-state index < -0.39 is 0 Å². The van der Waals surface area contributed by atoms with Crippen LogP contribution in [0.15, 0.2) is 59.6 Å². The van der Waals surface area contributed by atoms with Gasteiger partial charge in [-0.2, -0.15) is 0 Å². The first-order chi connectivity index (χ1) is 7.81. The predicted molar refractivity (Wildman–Crippen MR) is 68.3 cm³/mol. The van der Waals surface area contributed by atoms with Crippen LogP contribution in [0.1, 0.15) is 5.56 Å². The number of nitrogens with one attached hydrogen (secondary N) is 1. The molecule has 0 amide bonds. The second-order valence-electron chi connectivity index (χ2n) is 3.45. The molecule has 0 atom stereocenters. The van der Waals surface area contributed by atoms with Crippen molar-refractivity contribution in [1.29, 1.82) is 5.41 Å². The van der Waals surface area contributed by atoms with Gasteiger partial charge in [0.2, 0.25) is 0 Å². The van der Waals surface area contributed by atoms with Crippen LogP contribution in [0.25, 0.3) is 11.1 Å². The van der Waals surface area contributed by atoms with E-state index in [2.05, 4.69) is 23.8 Å². The van der Waals surface area contributed by atoms with Crippen molar-refractivity contribution in [3.8, 4) is 11.1 Å². The molecule has 0 fully saturated rings. The van der Waals surface area contributed by atoms with Gasteiger partial charge >= 0.3 is 0 Å². The SMILES string of the molecule is C=NC(=N)c1ccc(-c2ccccc2)cc1. The maximum absolute atomic E-state index is 7.52. The number of benzene rings is 2. The highest BCUT2D eigenvalue weighted by Gasteiger charge is 1.99. The third-order valence-electron chi connectivity index (χ3n) is 2.42. The lowest BCUT2D eigenvalue weighted by molar-refractivity contribution is 1.43. The Morgan fingerprint density at radius 3 is 2.00 bits per heavy atom. The third-order valence-corrected chi connectivity index (χ3v) is 2.42. The van der Waals surface area contributed by atoms with Gasteiger partial charge in [0.05, 0.1) is 0 Å². The molecule has 2 aromatic carbocycles. The summed E-state index contributed by atoms with van der Waals surface area (Å²) in [6.45, 7) is 3.34. The van der Waals surface area contributed by atoms with Crippen LogP contribution in [0.4, 0.5) is 0 Å². The van der Waals surface area contributed by atoms with Crippen LogP contribution in [0.3, 0.4) is 0 Å². The molecule has 0 radical (unpaired) electrons. The maximum atomic E-state index is 7.52. The topological polar surface area (TPSA) is 36.2 Å². The average molecular weight is 208 g/mol. The summed E-state index contributed by atoms with van der Waals surface area (Å²) in [4.78, 5) is 3.59. The fourth-order valence-electron chi connectivity index (χ4n) is 1.54. The smallest absolute Gasteiger partial charge is 0.151 e. The van der Waals surface area contributed by atoms with E-state index in [1.54, 1.807) is 0 Å². The van der Waals surface area contributed by atoms with Gasteiger partial charge < -0.3 is 0 Å². The van der Waals surface area contributed by atoms with Gasteiger partial charge in [0, 0.05) is 5.56 Å². The van der Waals surface area contributed by atoms with Gasteiger partial charge in [-0.3, -0.25) is 5.41 Å². The van der Waals surface area contributed by atoms with E-state index in [1.807, 2.05) is 42.5 Å². The Labute approximate surface area is 94.8 Å². The van der Waals surface area contributed by atoms with E-state index in [0.717, 1.165) is 11.1 Å². The number of aliphatic imine (C=N–C) groups is 1. The fourth-order valence-corrected chi connectivity index (χ4v) is 1.54. The molecule has 2 heteroatoms. The molecule has 0 heterocycles. The molecule has 0 aliphatic rings. The minimum atomic E-state index is 0.208. The zero-order valence-corrected chi connectivity index (χ0v) is 8.85. The number of hydrogen-bond donors (Lipinski definition) is 1. The first kappa shape index (κ1) is 10.3. The zero-order valence-electron chi connectivity index (χ0n) is 8.85. The lowest BCUT2D eigenvalue weighted by Gasteiger charge is -2.02. The lowest BCUT2D eigenvalue weighted by atomic mass is 10.0. The van der Waals surface area contributed by atoms with Gasteiger partial charge in [-0.25, -0.2) is 4.99 Å². The molecule has 0 saturated carbocycles. The molecule has 1 N–H and O–H groups in total. The second-order valence-corrected chi connectivity index (χ2v) is 3.45. The molecule has 0 aliphatic heterocycles. The Kier molecular flexibility index (Phi) is 2.92.